The van der Waals surface area contributed by atoms with Gasteiger partial charge < -0.3 is 10.6 Å². The van der Waals surface area contributed by atoms with Crippen LogP contribution >= 0.6 is 11.3 Å². The van der Waals surface area contributed by atoms with E-state index in [1.807, 2.05) is 24.3 Å². The number of benzene rings is 2. The first-order valence-corrected chi connectivity index (χ1v) is 12.2. The Morgan fingerprint density at radius 3 is 2.57 bits per heavy atom. The number of thiophene rings is 1. The standard InChI is InChI=1S/C22H22N2O4S2/c1-2-30(27,28)18-10-6-4-8-16(18)22(26)24-12-11-14(13-24)19-15-7-3-5-9-17(15)29-20(19)21(23)25/h3-10,14H,2,11-13H2,1H3,(H2,23,25)/t14-/m0/s1. The molecule has 6 nitrogen and oxygen atoms in total. The monoisotopic (exact) mass is 442 g/mol. The van der Waals surface area contributed by atoms with Crippen molar-refractivity contribution in [2.45, 2.75) is 24.2 Å². The summed E-state index contributed by atoms with van der Waals surface area (Å²) in [4.78, 5) is 27.5. The Kier molecular flexibility index (Phi) is 5.38. The summed E-state index contributed by atoms with van der Waals surface area (Å²) in [5.74, 6) is -0.855. The van der Waals surface area contributed by atoms with Crippen molar-refractivity contribution in [2.75, 3.05) is 18.8 Å². The van der Waals surface area contributed by atoms with Gasteiger partial charge in [-0.3, -0.25) is 9.59 Å². The van der Waals surface area contributed by atoms with Crippen molar-refractivity contribution in [2.24, 2.45) is 5.73 Å². The lowest BCUT2D eigenvalue weighted by atomic mass is 9.95. The summed E-state index contributed by atoms with van der Waals surface area (Å²) in [7, 11) is -3.51. The van der Waals surface area contributed by atoms with Crippen LogP contribution in [0.1, 0.15) is 44.9 Å². The van der Waals surface area contributed by atoms with Crippen molar-refractivity contribution in [3.8, 4) is 0 Å². The highest BCUT2D eigenvalue weighted by Crippen LogP contribution is 2.40. The first kappa shape index (κ1) is 20.6. The Morgan fingerprint density at radius 1 is 1.13 bits per heavy atom. The second-order valence-corrected chi connectivity index (χ2v) is 10.6. The number of hydrogen-bond acceptors (Lipinski definition) is 5. The van der Waals surface area contributed by atoms with E-state index in [9.17, 15) is 18.0 Å². The Hall–Kier alpha value is -2.71. The Labute approximate surface area is 179 Å². The number of carbonyl (C=O) groups excluding carboxylic acids is 2. The molecule has 0 spiro atoms. The first-order chi connectivity index (χ1) is 14.3. The minimum atomic E-state index is -3.51. The van der Waals surface area contributed by atoms with Gasteiger partial charge in [-0.05, 0) is 35.6 Å². The van der Waals surface area contributed by atoms with Gasteiger partial charge in [0, 0.05) is 23.7 Å². The summed E-state index contributed by atoms with van der Waals surface area (Å²) >= 11 is 1.38. The third-order valence-electron chi connectivity index (χ3n) is 5.57. The second-order valence-electron chi connectivity index (χ2n) is 7.34. The van der Waals surface area contributed by atoms with Crippen LogP contribution in [-0.4, -0.2) is 44.0 Å². The van der Waals surface area contributed by atoms with Crippen molar-refractivity contribution in [1.29, 1.82) is 0 Å². The van der Waals surface area contributed by atoms with Gasteiger partial charge in [0.15, 0.2) is 9.84 Å². The Bertz CT molecular complexity index is 1250. The predicted molar refractivity (Wildman–Crippen MR) is 118 cm³/mol. The predicted octanol–water partition coefficient (Wildman–Crippen LogP) is 3.42. The second kappa shape index (κ2) is 7.85. The molecular weight excluding hydrogens is 420 g/mol. The highest BCUT2D eigenvalue weighted by Gasteiger charge is 2.34. The molecule has 2 heterocycles. The number of primary amides is 1. The SMILES string of the molecule is CCS(=O)(=O)c1ccccc1C(=O)N1CC[C@H](c2c(C(N)=O)sc3ccccc23)C1. The summed E-state index contributed by atoms with van der Waals surface area (Å²) < 4.78 is 25.9. The van der Waals surface area contributed by atoms with Crippen LogP contribution in [0.3, 0.4) is 0 Å². The molecule has 1 aliphatic rings. The molecule has 8 heteroatoms. The normalized spacial score (nSPS) is 16.8. The Morgan fingerprint density at radius 2 is 1.83 bits per heavy atom. The number of fused-ring (bicyclic) bond motifs is 1. The van der Waals surface area contributed by atoms with Crippen LogP contribution in [0.5, 0.6) is 0 Å². The van der Waals surface area contributed by atoms with Gasteiger partial charge in [0.25, 0.3) is 11.8 Å². The number of rotatable bonds is 5. The van der Waals surface area contributed by atoms with E-state index in [2.05, 4.69) is 0 Å². The molecule has 1 aliphatic heterocycles. The molecule has 0 aliphatic carbocycles. The van der Waals surface area contributed by atoms with E-state index in [-0.39, 0.29) is 28.0 Å². The quantitative estimate of drug-likeness (QED) is 0.655. The summed E-state index contributed by atoms with van der Waals surface area (Å²) in [6.07, 6.45) is 0.690. The van der Waals surface area contributed by atoms with E-state index in [4.69, 9.17) is 5.73 Å². The lowest BCUT2D eigenvalue weighted by Crippen LogP contribution is -2.30. The number of carbonyl (C=O) groups is 2. The highest BCUT2D eigenvalue weighted by molar-refractivity contribution is 7.91. The number of amides is 2. The van der Waals surface area contributed by atoms with Crippen LogP contribution in [0.2, 0.25) is 0 Å². The third-order valence-corrected chi connectivity index (χ3v) is 8.56. The molecule has 2 aromatic carbocycles. The number of nitrogens with zero attached hydrogens (tertiary/aromatic N) is 1. The van der Waals surface area contributed by atoms with Crippen molar-refractivity contribution >= 4 is 43.1 Å². The number of hydrogen-bond donors (Lipinski definition) is 1. The van der Waals surface area contributed by atoms with Gasteiger partial charge in [-0.2, -0.15) is 0 Å². The highest BCUT2D eigenvalue weighted by atomic mass is 32.2. The molecule has 2 amide bonds. The fourth-order valence-corrected chi connectivity index (χ4v) is 6.30. The molecule has 2 N–H and O–H groups in total. The lowest BCUT2D eigenvalue weighted by molar-refractivity contribution is 0.0787. The summed E-state index contributed by atoms with van der Waals surface area (Å²) in [5, 5.41) is 0.990. The fraction of sp³-hybridized carbons (Fsp3) is 0.273. The average molecular weight is 443 g/mol. The zero-order valence-corrected chi connectivity index (χ0v) is 18.1. The lowest BCUT2D eigenvalue weighted by Gasteiger charge is -2.19. The molecule has 0 radical (unpaired) electrons. The van der Waals surface area contributed by atoms with Crippen molar-refractivity contribution in [1.82, 2.24) is 4.90 Å². The van der Waals surface area contributed by atoms with E-state index >= 15 is 0 Å². The molecule has 3 aromatic rings. The molecule has 1 saturated heterocycles. The molecule has 1 atom stereocenters. The van der Waals surface area contributed by atoms with Gasteiger partial charge in [-0.25, -0.2) is 8.42 Å². The maximum atomic E-state index is 13.2. The van der Waals surface area contributed by atoms with E-state index in [1.54, 1.807) is 30.0 Å². The van der Waals surface area contributed by atoms with E-state index in [0.717, 1.165) is 15.6 Å². The van der Waals surface area contributed by atoms with Crippen LogP contribution < -0.4 is 5.73 Å². The average Bonchev–Trinajstić information content (AvgIpc) is 3.38. The summed E-state index contributed by atoms with van der Waals surface area (Å²) in [6.45, 7) is 2.47. The molecule has 1 fully saturated rings. The van der Waals surface area contributed by atoms with Crippen LogP contribution in [0.25, 0.3) is 10.1 Å². The zero-order valence-electron chi connectivity index (χ0n) is 16.5. The van der Waals surface area contributed by atoms with E-state index in [1.165, 1.54) is 17.4 Å². The van der Waals surface area contributed by atoms with Gasteiger partial charge in [0.05, 0.1) is 21.1 Å². The third kappa shape index (κ3) is 3.50. The van der Waals surface area contributed by atoms with Crippen LogP contribution in [0, 0.1) is 0 Å². The maximum Gasteiger partial charge on any atom is 0.259 e. The molecule has 4 rings (SSSR count). The Balaban J connectivity index is 1.67. The van der Waals surface area contributed by atoms with Gasteiger partial charge in [-0.15, -0.1) is 11.3 Å². The molecule has 30 heavy (non-hydrogen) atoms. The van der Waals surface area contributed by atoms with E-state index < -0.39 is 15.7 Å². The molecule has 0 unspecified atom stereocenters. The molecule has 156 valence electrons. The zero-order chi connectivity index (χ0) is 21.5. The van der Waals surface area contributed by atoms with Crippen LogP contribution in [-0.2, 0) is 9.84 Å². The van der Waals surface area contributed by atoms with Gasteiger partial charge >= 0.3 is 0 Å². The first-order valence-electron chi connectivity index (χ1n) is 9.75. The molecule has 0 bridgehead atoms. The smallest absolute Gasteiger partial charge is 0.259 e. The number of nitrogens with two attached hydrogens (primary N) is 1. The van der Waals surface area contributed by atoms with Crippen molar-refractivity contribution in [3.05, 3.63) is 64.5 Å². The van der Waals surface area contributed by atoms with Crippen molar-refractivity contribution in [3.63, 3.8) is 0 Å². The minimum absolute atomic E-state index is 0.0254. The largest absolute Gasteiger partial charge is 0.365 e. The van der Waals surface area contributed by atoms with Gasteiger partial charge in [0.2, 0.25) is 0 Å². The number of likely N-dealkylation sites (tertiary alicyclic amines) is 1. The number of sulfone groups is 1. The summed E-state index contributed by atoms with van der Waals surface area (Å²) in [6, 6.07) is 14.1. The van der Waals surface area contributed by atoms with Crippen LogP contribution in [0.4, 0.5) is 0 Å². The van der Waals surface area contributed by atoms with Crippen molar-refractivity contribution < 1.29 is 18.0 Å². The topological polar surface area (TPSA) is 97.5 Å². The van der Waals surface area contributed by atoms with Gasteiger partial charge in [0.1, 0.15) is 0 Å². The molecule has 0 saturated carbocycles. The maximum absolute atomic E-state index is 13.2. The minimum Gasteiger partial charge on any atom is -0.365 e. The molecule has 1 aromatic heterocycles. The fourth-order valence-electron chi connectivity index (χ4n) is 4.07. The van der Waals surface area contributed by atoms with Gasteiger partial charge in [-0.1, -0.05) is 37.3 Å². The van der Waals surface area contributed by atoms with E-state index in [0.29, 0.717) is 24.4 Å². The summed E-state index contributed by atoms with van der Waals surface area (Å²) in [5.41, 5.74) is 6.73. The molecular formula is C22H22N2O4S2. The van der Waals surface area contributed by atoms with Crippen LogP contribution in [0.15, 0.2) is 53.4 Å².